The summed E-state index contributed by atoms with van der Waals surface area (Å²) in [5, 5.41) is 7.33. The Morgan fingerprint density at radius 3 is 2.76 bits per heavy atom. The summed E-state index contributed by atoms with van der Waals surface area (Å²) in [6.45, 7) is 0.768. The van der Waals surface area contributed by atoms with Crippen molar-refractivity contribution in [2.75, 3.05) is 30.5 Å². The van der Waals surface area contributed by atoms with E-state index in [1.54, 1.807) is 23.9 Å². The monoisotopic (exact) mass is 319 g/mol. The first kappa shape index (κ1) is 14.3. The van der Waals surface area contributed by atoms with Crippen LogP contribution in [-0.2, 0) is 0 Å². The van der Waals surface area contributed by atoms with Gasteiger partial charge in [-0.2, -0.15) is 11.8 Å². The van der Waals surface area contributed by atoms with Crippen molar-refractivity contribution in [3.63, 3.8) is 0 Å². The van der Waals surface area contributed by atoms with E-state index < -0.39 is 0 Å². The maximum absolute atomic E-state index is 14.1. The van der Waals surface area contributed by atoms with Crippen molar-refractivity contribution in [2.45, 2.75) is 0 Å². The largest absolute Gasteiger partial charge is 0.384 e. The molecule has 3 N–H and O–H groups in total. The van der Waals surface area contributed by atoms with E-state index in [0.29, 0.717) is 11.3 Å². The van der Waals surface area contributed by atoms with E-state index in [1.807, 2.05) is 18.2 Å². The van der Waals surface area contributed by atoms with E-state index in [-0.39, 0.29) is 16.1 Å². The van der Waals surface area contributed by atoms with E-state index >= 15 is 0 Å². The van der Waals surface area contributed by atoms with Gasteiger partial charge in [0.1, 0.15) is 5.84 Å². The highest BCUT2D eigenvalue weighted by atomic mass is 79.9. The van der Waals surface area contributed by atoms with Crippen LogP contribution in [0.1, 0.15) is 5.56 Å². The number of thioether (sulfide) groups is 1. The summed E-state index contributed by atoms with van der Waals surface area (Å²) in [5.41, 5.74) is 6.25. The lowest BCUT2D eigenvalue weighted by molar-refractivity contribution is 0.617. The third-order valence-electron chi connectivity index (χ3n) is 2.39. The Morgan fingerprint density at radius 1 is 1.59 bits per heavy atom. The van der Waals surface area contributed by atoms with E-state index in [2.05, 4.69) is 15.9 Å². The zero-order valence-electron chi connectivity index (χ0n) is 9.76. The van der Waals surface area contributed by atoms with Gasteiger partial charge in [0.2, 0.25) is 0 Å². The van der Waals surface area contributed by atoms with Crippen LogP contribution in [0.2, 0.25) is 0 Å². The number of nitrogens with one attached hydrogen (secondary N) is 1. The number of nitrogens with zero attached hydrogens (tertiary/aromatic N) is 1. The molecule has 0 aliphatic carbocycles. The fourth-order valence-corrected chi connectivity index (χ4v) is 2.40. The molecule has 3 nitrogen and oxygen atoms in total. The Morgan fingerprint density at radius 2 is 2.24 bits per heavy atom. The minimum atomic E-state index is -0.374. The van der Waals surface area contributed by atoms with Gasteiger partial charge in [-0.1, -0.05) is 0 Å². The van der Waals surface area contributed by atoms with Crippen LogP contribution in [0.5, 0.6) is 0 Å². The Kier molecular flexibility index (Phi) is 5.27. The molecule has 0 heterocycles. The van der Waals surface area contributed by atoms with Crippen molar-refractivity contribution in [1.82, 2.24) is 0 Å². The molecule has 0 unspecified atom stereocenters. The first-order valence-corrected chi connectivity index (χ1v) is 7.20. The summed E-state index contributed by atoms with van der Waals surface area (Å²) < 4.78 is 14.3. The predicted octanol–water partition coefficient (Wildman–Crippen LogP) is 2.67. The summed E-state index contributed by atoms with van der Waals surface area (Å²) in [5.74, 6) is 0.414. The first-order valence-electron chi connectivity index (χ1n) is 5.01. The number of hydrogen-bond acceptors (Lipinski definition) is 3. The highest BCUT2D eigenvalue weighted by Crippen LogP contribution is 2.28. The molecule has 1 rings (SSSR count). The molecule has 0 aromatic heterocycles. The molecule has 0 atom stereocenters. The molecule has 0 amide bonds. The van der Waals surface area contributed by atoms with Crippen LogP contribution >= 0.6 is 27.7 Å². The molecule has 17 heavy (non-hydrogen) atoms. The van der Waals surface area contributed by atoms with Gasteiger partial charge in [0.15, 0.2) is 5.82 Å². The minimum absolute atomic E-state index is 0.144. The Bertz CT molecular complexity index is 425. The number of anilines is 1. The Hall–Kier alpha value is -0.750. The maximum atomic E-state index is 14.1. The van der Waals surface area contributed by atoms with E-state index in [1.165, 1.54) is 0 Å². The lowest BCUT2D eigenvalue weighted by atomic mass is 10.1. The molecular formula is C11H15BrFN3S. The van der Waals surface area contributed by atoms with Crippen molar-refractivity contribution < 1.29 is 4.39 Å². The van der Waals surface area contributed by atoms with E-state index in [4.69, 9.17) is 11.1 Å². The van der Waals surface area contributed by atoms with Gasteiger partial charge >= 0.3 is 0 Å². The number of hydrogen-bond donors (Lipinski definition) is 2. The molecule has 6 heteroatoms. The lowest BCUT2D eigenvalue weighted by Gasteiger charge is -2.20. The standard InChI is InChI=1S/C11H15BrFN3S/c1-16(5-6-17-2)8-4-3-7(11(14)15)9(12)10(8)13/h3-4H,5-6H2,1-2H3,(H3,14,15). The van der Waals surface area contributed by atoms with Crippen molar-refractivity contribution in [2.24, 2.45) is 5.73 Å². The highest BCUT2D eigenvalue weighted by molar-refractivity contribution is 9.10. The number of nitrogen functional groups attached to an aromatic ring is 1. The molecule has 0 saturated carbocycles. The second-order valence-electron chi connectivity index (χ2n) is 3.59. The van der Waals surface area contributed by atoms with E-state index in [0.717, 1.165) is 12.3 Å². The third kappa shape index (κ3) is 3.35. The van der Waals surface area contributed by atoms with E-state index in [9.17, 15) is 4.39 Å². The van der Waals surface area contributed by atoms with Gasteiger partial charge in [-0.15, -0.1) is 0 Å². The highest BCUT2D eigenvalue weighted by Gasteiger charge is 2.15. The second kappa shape index (κ2) is 6.26. The molecule has 0 radical (unpaired) electrons. The molecule has 0 saturated heterocycles. The molecule has 94 valence electrons. The summed E-state index contributed by atoms with van der Waals surface area (Å²) in [4.78, 5) is 1.85. The first-order chi connectivity index (χ1) is 7.99. The fraction of sp³-hybridized carbons (Fsp3) is 0.364. The van der Waals surface area contributed by atoms with Gasteiger partial charge in [0.25, 0.3) is 0 Å². The van der Waals surface area contributed by atoms with Gasteiger partial charge in [0, 0.05) is 24.9 Å². The van der Waals surface area contributed by atoms with Crippen LogP contribution in [0, 0.1) is 11.2 Å². The SMILES string of the molecule is CSCCN(C)c1ccc(C(=N)N)c(Br)c1F. The number of nitrogens with two attached hydrogens (primary N) is 1. The van der Waals surface area contributed by atoms with Crippen LogP contribution in [-0.4, -0.2) is 31.4 Å². The second-order valence-corrected chi connectivity index (χ2v) is 5.37. The molecule has 0 aliphatic rings. The number of halogens is 2. The van der Waals surface area contributed by atoms with Gasteiger partial charge in [0.05, 0.1) is 10.2 Å². The molecular weight excluding hydrogens is 305 g/mol. The summed E-state index contributed by atoms with van der Waals surface area (Å²) in [7, 11) is 1.84. The van der Waals surface area contributed by atoms with Gasteiger partial charge < -0.3 is 10.6 Å². The summed E-state index contributed by atoms with van der Waals surface area (Å²) >= 11 is 4.85. The van der Waals surface area contributed by atoms with Crippen molar-refractivity contribution in [3.05, 3.63) is 28.0 Å². The maximum Gasteiger partial charge on any atom is 0.161 e. The third-order valence-corrected chi connectivity index (χ3v) is 3.76. The van der Waals surface area contributed by atoms with Crippen LogP contribution in [0.3, 0.4) is 0 Å². The average molecular weight is 320 g/mol. The number of rotatable bonds is 5. The van der Waals surface area contributed by atoms with Gasteiger partial charge in [-0.25, -0.2) is 4.39 Å². The molecule has 1 aromatic rings. The van der Waals surface area contributed by atoms with Crippen molar-refractivity contribution in [3.8, 4) is 0 Å². The zero-order chi connectivity index (χ0) is 13.0. The summed E-state index contributed by atoms with van der Waals surface area (Å²) in [6.07, 6.45) is 2.01. The fourth-order valence-electron chi connectivity index (χ4n) is 1.39. The summed E-state index contributed by atoms with van der Waals surface area (Å²) in [6, 6.07) is 3.30. The van der Waals surface area contributed by atoms with Gasteiger partial charge in [-0.3, -0.25) is 5.41 Å². The molecule has 0 aliphatic heterocycles. The molecule has 0 spiro atoms. The number of amidine groups is 1. The Labute approximate surface area is 113 Å². The van der Waals surface area contributed by atoms with Crippen LogP contribution in [0.15, 0.2) is 16.6 Å². The van der Waals surface area contributed by atoms with Crippen LogP contribution in [0.25, 0.3) is 0 Å². The minimum Gasteiger partial charge on any atom is -0.384 e. The van der Waals surface area contributed by atoms with Crippen molar-refractivity contribution in [1.29, 1.82) is 5.41 Å². The molecule has 1 aromatic carbocycles. The predicted molar refractivity (Wildman–Crippen MR) is 76.8 cm³/mol. The average Bonchev–Trinajstić information content (AvgIpc) is 2.29. The smallest absolute Gasteiger partial charge is 0.161 e. The number of benzene rings is 1. The Balaban J connectivity index is 3.03. The molecule has 0 bridgehead atoms. The molecule has 0 fully saturated rings. The van der Waals surface area contributed by atoms with Crippen LogP contribution < -0.4 is 10.6 Å². The normalized spacial score (nSPS) is 10.4. The van der Waals surface area contributed by atoms with Crippen molar-refractivity contribution >= 4 is 39.2 Å². The van der Waals surface area contributed by atoms with Gasteiger partial charge in [-0.05, 0) is 34.3 Å². The topological polar surface area (TPSA) is 53.1 Å². The lowest BCUT2D eigenvalue weighted by Crippen LogP contribution is -2.22. The van der Waals surface area contributed by atoms with Crippen LogP contribution in [0.4, 0.5) is 10.1 Å². The quantitative estimate of drug-likeness (QED) is 0.648. The zero-order valence-corrected chi connectivity index (χ0v) is 12.2.